The number of hydrogen-bond donors (Lipinski definition) is 1. The lowest BCUT2D eigenvalue weighted by molar-refractivity contribution is -0.141. The molecule has 1 unspecified atom stereocenters. The summed E-state index contributed by atoms with van der Waals surface area (Å²) in [4.78, 5) is 24.5. The van der Waals surface area contributed by atoms with Crippen molar-refractivity contribution in [1.29, 1.82) is 0 Å². The van der Waals surface area contributed by atoms with E-state index in [1.165, 1.54) is 10.6 Å². The number of aliphatic carboxylic acids is 1. The van der Waals surface area contributed by atoms with Gasteiger partial charge in [0.1, 0.15) is 5.75 Å². The van der Waals surface area contributed by atoms with Gasteiger partial charge in [-0.25, -0.2) is 9.69 Å². The van der Waals surface area contributed by atoms with Crippen LogP contribution in [0.4, 0.5) is 0 Å². The van der Waals surface area contributed by atoms with Gasteiger partial charge in [0.25, 0.3) is 0 Å². The van der Waals surface area contributed by atoms with Crippen molar-refractivity contribution in [3.63, 3.8) is 0 Å². The van der Waals surface area contributed by atoms with E-state index in [1.54, 1.807) is 7.11 Å². The van der Waals surface area contributed by atoms with E-state index in [9.17, 15) is 14.7 Å². The zero-order chi connectivity index (χ0) is 26.6. The number of benzene rings is 2. The van der Waals surface area contributed by atoms with Gasteiger partial charge in [-0.3, -0.25) is 9.59 Å². The lowest BCUT2D eigenvalue weighted by Crippen LogP contribution is -2.27. The smallest absolute Gasteiger partial charge is 0.303 e. The standard InChI is InChI=1S/C30H30N4O4/c1-20-8-10-22(11-9-20)30-25(19-33(32-30)23-6-4-3-5-7-23)27-18-26(21-12-14-24(38-2)15-13-21)31-34(27)28(35)16-17-29(36)37/h3-8,10,12-15,19,27H,9,11,16-18H2,1-2H3,(H,36,37). The number of nitrogens with zero attached hydrogens (tertiary/aromatic N) is 4. The SMILES string of the molecule is COc1ccc(C2=NN(C(=O)CCC(=O)O)C(c3cn(-c4ccccc4)nc3C3=CC=C(C)CC3)C2)cc1. The molecule has 0 bridgehead atoms. The molecule has 1 amide bonds. The van der Waals surface area contributed by atoms with Crippen LogP contribution in [0.3, 0.4) is 0 Å². The molecule has 2 aliphatic rings. The number of aromatic nitrogens is 2. The Morgan fingerprint density at radius 1 is 1.03 bits per heavy atom. The van der Waals surface area contributed by atoms with Crippen molar-refractivity contribution in [2.45, 2.75) is 45.1 Å². The average Bonchev–Trinajstić information content (AvgIpc) is 3.58. The summed E-state index contributed by atoms with van der Waals surface area (Å²) in [7, 11) is 1.61. The van der Waals surface area contributed by atoms with Crippen LogP contribution in [0.2, 0.25) is 0 Å². The largest absolute Gasteiger partial charge is 0.497 e. The summed E-state index contributed by atoms with van der Waals surface area (Å²) in [5.74, 6) is -0.606. The number of hydrogen-bond acceptors (Lipinski definition) is 5. The fraction of sp³-hybridized carbons (Fsp3) is 0.267. The fourth-order valence-electron chi connectivity index (χ4n) is 4.80. The van der Waals surface area contributed by atoms with E-state index in [1.807, 2.05) is 65.5 Å². The van der Waals surface area contributed by atoms with E-state index in [2.05, 4.69) is 19.1 Å². The highest BCUT2D eigenvalue weighted by Crippen LogP contribution is 2.39. The van der Waals surface area contributed by atoms with Crippen LogP contribution in [0.5, 0.6) is 5.75 Å². The van der Waals surface area contributed by atoms with Gasteiger partial charge in [0, 0.05) is 24.6 Å². The highest BCUT2D eigenvalue weighted by molar-refractivity contribution is 6.03. The van der Waals surface area contributed by atoms with Crippen LogP contribution in [0, 0.1) is 0 Å². The third kappa shape index (κ3) is 5.29. The molecule has 1 aliphatic heterocycles. The molecule has 0 spiro atoms. The Hall–Kier alpha value is -4.46. The van der Waals surface area contributed by atoms with Gasteiger partial charge in [-0.15, -0.1) is 0 Å². The van der Waals surface area contributed by atoms with E-state index in [4.69, 9.17) is 14.9 Å². The van der Waals surface area contributed by atoms with E-state index >= 15 is 0 Å². The van der Waals surface area contributed by atoms with E-state index < -0.39 is 12.0 Å². The van der Waals surface area contributed by atoms with Crippen molar-refractivity contribution in [2.24, 2.45) is 5.10 Å². The lowest BCUT2D eigenvalue weighted by atomic mass is 9.91. The number of para-hydroxylation sites is 1. The summed E-state index contributed by atoms with van der Waals surface area (Å²) < 4.78 is 7.14. The number of methoxy groups -OCH3 is 1. The molecule has 8 nitrogen and oxygen atoms in total. The number of hydrazone groups is 1. The highest BCUT2D eigenvalue weighted by Gasteiger charge is 2.36. The Kier molecular flexibility index (Phi) is 7.22. The number of allylic oxidation sites excluding steroid dienone is 4. The Labute approximate surface area is 221 Å². The molecule has 0 saturated heterocycles. The normalized spacial score (nSPS) is 17.1. The predicted molar refractivity (Wildman–Crippen MR) is 145 cm³/mol. The summed E-state index contributed by atoms with van der Waals surface area (Å²) in [6.07, 6.45) is 8.12. The van der Waals surface area contributed by atoms with E-state index in [0.29, 0.717) is 6.42 Å². The van der Waals surface area contributed by atoms with Gasteiger partial charge in [0.05, 0.1) is 36.7 Å². The zero-order valence-electron chi connectivity index (χ0n) is 21.5. The van der Waals surface area contributed by atoms with Gasteiger partial charge >= 0.3 is 5.97 Å². The second kappa shape index (κ2) is 10.9. The molecule has 1 N–H and O–H groups in total. The number of amides is 1. The van der Waals surface area contributed by atoms with Crippen LogP contribution < -0.4 is 4.74 Å². The van der Waals surface area contributed by atoms with Crippen LogP contribution in [-0.4, -0.2) is 44.6 Å². The first-order chi connectivity index (χ1) is 18.4. The molecule has 194 valence electrons. The number of ether oxygens (including phenoxy) is 1. The molecule has 5 rings (SSSR count). The van der Waals surface area contributed by atoms with Gasteiger partial charge in [-0.2, -0.15) is 10.2 Å². The Morgan fingerprint density at radius 3 is 2.45 bits per heavy atom. The van der Waals surface area contributed by atoms with Gasteiger partial charge < -0.3 is 9.84 Å². The maximum atomic E-state index is 13.3. The van der Waals surface area contributed by atoms with Crippen LogP contribution >= 0.6 is 0 Å². The lowest BCUT2D eigenvalue weighted by Gasteiger charge is -2.22. The van der Waals surface area contributed by atoms with Crippen molar-refractivity contribution < 1.29 is 19.4 Å². The molecule has 0 saturated carbocycles. The zero-order valence-corrected chi connectivity index (χ0v) is 21.5. The highest BCUT2D eigenvalue weighted by atomic mass is 16.5. The Morgan fingerprint density at radius 2 is 1.79 bits per heavy atom. The van der Waals surface area contributed by atoms with Gasteiger partial charge in [0.2, 0.25) is 5.91 Å². The first-order valence-electron chi connectivity index (χ1n) is 12.7. The van der Waals surface area contributed by atoms with Gasteiger partial charge in [-0.1, -0.05) is 35.9 Å². The molecule has 38 heavy (non-hydrogen) atoms. The monoisotopic (exact) mass is 510 g/mol. The summed E-state index contributed by atoms with van der Waals surface area (Å²) in [6, 6.07) is 17.0. The summed E-state index contributed by atoms with van der Waals surface area (Å²) in [6.45, 7) is 2.12. The number of carboxylic acids is 1. The predicted octanol–water partition coefficient (Wildman–Crippen LogP) is 5.55. The topological polar surface area (TPSA) is 97.0 Å². The molecule has 1 aromatic heterocycles. The molecule has 8 heteroatoms. The molecular weight excluding hydrogens is 480 g/mol. The molecule has 0 radical (unpaired) electrons. The van der Waals surface area contributed by atoms with E-state index in [-0.39, 0.29) is 18.7 Å². The summed E-state index contributed by atoms with van der Waals surface area (Å²) in [5.41, 5.74) is 6.71. The Balaban J connectivity index is 1.58. The van der Waals surface area contributed by atoms with Crippen LogP contribution in [0.15, 0.2) is 83.6 Å². The van der Waals surface area contributed by atoms with Crippen molar-refractivity contribution in [3.05, 3.63) is 95.3 Å². The van der Waals surface area contributed by atoms with Crippen LogP contribution in [0.25, 0.3) is 11.3 Å². The average molecular weight is 511 g/mol. The van der Waals surface area contributed by atoms with Crippen molar-refractivity contribution in [1.82, 2.24) is 14.8 Å². The van der Waals surface area contributed by atoms with Gasteiger partial charge in [-0.05, 0) is 67.3 Å². The van der Waals surface area contributed by atoms with Crippen LogP contribution in [-0.2, 0) is 9.59 Å². The minimum Gasteiger partial charge on any atom is -0.497 e. The summed E-state index contributed by atoms with van der Waals surface area (Å²) >= 11 is 0. The summed E-state index contributed by atoms with van der Waals surface area (Å²) in [5, 5.41) is 20.4. The molecule has 0 fully saturated rings. The minimum atomic E-state index is -1.01. The number of rotatable bonds is 8. The quantitative estimate of drug-likeness (QED) is 0.429. The maximum absolute atomic E-state index is 13.3. The molecular formula is C30H30N4O4. The van der Waals surface area contributed by atoms with Gasteiger partial charge in [0.15, 0.2) is 0 Å². The first kappa shape index (κ1) is 25.2. The molecule has 1 aliphatic carbocycles. The van der Waals surface area contributed by atoms with Crippen molar-refractivity contribution in [2.75, 3.05) is 7.11 Å². The van der Waals surface area contributed by atoms with Crippen molar-refractivity contribution >= 4 is 23.2 Å². The van der Waals surface area contributed by atoms with Crippen LogP contribution in [0.1, 0.15) is 61.9 Å². The molecule has 3 aromatic rings. The molecule has 2 aromatic carbocycles. The first-order valence-corrected chi connectivity index (χ1v) is 12.7. The second-order valence-electron chi connectivity index (χ2n) is 9.55. The van der Waals surface area contributed by atoms with Crippen molar-refractivity contribution in [3.8, 4) is 11.4 Å². The Bertz CT molecular complexity index is 1430. The van der Waals surface area contributed by atoms with E-state index in [0.717, 1.165) is 52.4 Å². The fourth-order valence-corrected chi connectivity index (χ4v) is 4.80. The molecule has 2 heterocycles. The third-order valence-corrected chi connectivity index (χ3v) is 6.93. The third-order valence-electron chi connectivity index (χ3n) is 6.93. The second-order valence-corrected chi connectivity index (χ2v) is 9.55. The maximum Gasteiger partial charge on any atom is 0.303 e. The number of carboxylic acid groups (broad SMARTS) is 1. The number of carbonyl (C=O) groups excluding carboxylic acids is 1. The molecule has 1 atom stereocenters. The number of carbonyl (C=O) groups is 2. The minimum absolute atomic E-state index is 0.127.